The van der Waals surface area contributed by atoms with Gasteiger partial charge in [0.15, 0.2) is 0 Å². The van der Waals surface area contributed by atoms with Crippen molar-refractivity contribution in [2.75, 3.05) is 37.6 Å². The molecule has 1 aromatic rings. The van der Waals surface area contributed by atoms with Gasteiger partial charge in [-0.3, -0.25) is 4.90 Å². The lowest BCUT2D eigenvalue weighted by atomic mass is 10.1. The highest BCUT2D eigenvalue weighted by molar-refractivity contribution is 5.49. The van der Waals surface area contributed by atoms with Crippen molar-refractivity contribution >= 4 is 5.69 Å². The van der Waals surface area contributed by atoms with Crippen molar-refractivity contribution in [3.8, 4) is 0 Å². The summed E-state index contributed by atoms with van der Waals surface area (Å²) in [6, 6.07) is 8.72. The van der Waals surface area contributed by atoms with Gasteiger partial charge in [0.2, 0.25) is 0 Å². The van der Waals surface area contributed by atoms with Crippen LogP contribution in [0.25, 0.3) is 0 Å². The van der Waals surface area contributed by atoms with E-state index in [1.165, 1.54) is 5.69 Å². The maximum Gasteiger partial charge on any atom is 0.0912 e. The van der Waals surface area contributed by atoms with Crippen LogP contribution >= 0.6 is 0 Å². The fourth-order valence-corrected chi connectivity index (χ4v) is 2.56. The first-order chi connectivity index (χ1) is 9.11. The van der Waals surface area contributed by atoms with Crippen molar-refractivity contribution in [1.82, 2.24) is 4.90 Å². The van der Waals surface area contributed by atoms with Gasteiger partial charge in [-0.25, -0.2) is 0 Å². The average molecular weight is 263 g/mol. The Morgan fingerprint density at radius 3 is 2.47 bits per heavy atom. The molecule has 1 heterocycles. The third kappa shape index (κ3) is 3.47. The number of rotatable bonds is 4. The monoisotopic (exact) mass is 263 g/mol. The summed E-state index contributed by atoms with van der Waals surface area (Å²) in [6.45, 7) is 9.04. The first-order valence-electron chi connectivity index (χ1n) is 7.09. The molecule has 4 heteroatoms. The van der Waals surface area contributed by atoms with E-state index in [2.05, 4.69) is 35.8 Å². The maximum absolute atomic E-state index is 9.82. The summed E-state index contributed by atoms with van der Waals surface area (Å²) in [6.07, 6.45) is -0.558. The molecule has 0 aromatic heterocycles. The van der Waals surface area contributed by atoms with Gasteiger partial charge >= 0.3 is 0 Å². The van der Waals surface area contributed by atoms with Crippen molar-refractivity contribution in [3.63, 3.8) is 0 Å². The highest BCUT2D eigenvalue weighted by atomic mass is 16.3. The number of piperazine rings is 1. The van der Waals surface area contributed by atoms with Crippen LogP contribution in [-0.4, -0.2) is 48.8 Å². The van der Waals surface area contributed by atoms with Gasteiger partial charge in [-0.15, -0.1) is 0 Å². The third-order valence-electron chi connectivity index (χ3n) is 3.89. The first kappa shape index (κ1) is 14.3. The molecule has 4 nitrogen and oxygen atoms in total. The van der Waals surface area contributed by atoms with Crippen LogP contribution in [0.2, 0.25) is 0 Å². The molecule has 1 aliphatic heterocycles. The number of nitrogens with two attached hydrogens (primary N) is 1. The van der Waals surface area contributed by atoms with E-state index in [-0.39, 0.29) is 6.54 Å². The molecule has 19 heavy (non-hydrogen) atoms. The molecule has 2 rings (SSSR count). The zero-order valence-corrected chi connectivity index (χ0v) is 11.9. The molecule has 3 N–H and O–H groups in total. The molecule has 1 fully saturated rings. The highest BCUT2D eigenvalue weighted by Crippen LogP contribution is 2.22. The SMILES string of the molecule is CC(C)N1CCN(c2cccc(C(O)CN)c2)CC1. The minimum Gasteiger partial charge on any atom is -0.387 e. The molecule has 1 saturated heterocycles. The van der Waals surface area contributed by atoms with Gasteiger partial charge in [0.25, 0.3) is 0 Å². The molecule has 0 amide bonds. The van der Waals surface area contributed by atoms with Crippen molar-refractivity contribution in [2.45, 2.75) is 26.0 Å². The molecular weight excluding hydrogens is 238 g/mol. The molecule has 0 saturated carbocycles. The van der Waals surface area contributed by atoms with E-state index >= 15 is 0 Å². The Hall–Kier alpha value is -1.10. The summed E-state index contributed by atoms with van der Waals surface area (Å²) in [5, 5.41) is 9.82. The van der Waals surface area contributed by atoms with E-state index in [9.17, 15) is 5.11 Å². The Balaban J connectivity index is 2.03. The summed E-state index contributed by atoms with van der Waals surface area (Å²) in [5.41, 5.74) is 7.61. The topological polar surface area (TPSA) is 52.7 Å². The number of hydrogen-bond acceptors (Lipinski definition) is 4. The molecule has 1 atom stereocenters. The van der Waals surface area contributed by atoms with Gasteiger partial charge in [0, 0.05) is 44.5 Å². The smallest absolute Gasteiger partial charge is 0.0912 e. The zero-order valence-electron chi connectivity index (χ0n) is 11.9. The van der Waals surface area contributed by atoms with E-state index in [1.807, 2.05) is 12.1 Å². The summed E-state index contributed by atoms with van der Waals surface area (Å²) < 4.78 is 0. The van der Waals surface area contributed by atoms with Crippen LogP contribution in [0.4, 0.5) is 5.69 Å². The van der Waals surface area contributed by atoms with Crippen LogP contribution in [-0.2, 0) is 0 Å². The van der Waals surface area contributed by atoms with E-state index < -0.39 is 6.10 Å². The predicted octanol–water partition coefficient (Wildman–Crippen LogP) is 1.21. The lowest BCUT2D eigenvalue weighted by Crippen LogP contribution is -2.48. The van der Waals surface area contributed by atoms with Crippen LogP contribution in [0.3, 0.4) is 0 Å². The number of anilines is 1. The Morgan fingerprint density at radius 2 is 1.89 bits per heavy atom. The molecule has 1 aromatic carbocycles. The fraction of sp³-hybridized carbons (Fsp3) is 0.600. The maximum atomic E-state index is 9.82. The number of aliphatic hydroxyl groups is 1. The Bertz CT molecular complexity index is 400. The summed E-state index contributed by atoms with van der Waals surface area (Å²) in [4.78, 5) is 4.88. The van der Waals surface area contributed by atoms with Crippen LogP contribution in [0.15, 0.2) is 24.3 Å². The van der Waals surface area contributed by atoms with E-state index in [4.69, 9.17) is 5.73 Å². The van der Waals surface area contributed by atoms with E-state index in [1.54, 1.807) is 0 Å². The number of aliphatic hydroxyl groups excluding tert-OH is 1. The molecule has 1 unspecified atom stereocenters. The van der Waals surface area contributed by atoms with Gasteiger partial charge in [-0.1, -0.05) is 12.1 Å². The van der Waals surface area contributed by atoms with Gasteiger partial charge < -0.3 is 15.7 Å². The molecular formula is C15H25N3O. The van der Waals surface area contributed by atoms with Crippen molar-refractivity contribution in [1.29, 1.82) is 0 Å². The largest absolute Gasteiger partial charge is 0.387 e. The number of nitrogens with zero attached hydrogens (tertiary/aromatic N) is 2. The molecule has 106 valence electrons. The summed E-state index contributed by atoms with van der Waals surface area (Å²) >= 11 is 0. The lowest BCUT2D eigenvalue weighted by molar-refractivity contribution is 0.186. The second-order valence-corrected chi connectivity index (χ2v) is 5.46. The molecule has 0 radical (unpaired) electrons. The first-order valence-corrected chi connectivity index (χ1v) is 7.09. The standard InChI is InChI=1S/C15H25N3O/c1-12(2)17-6-8-18(9-7-17)14-5-3-4-13(10-14)15(19)11-16/h3-5,10,12,15,19H,6-9,11,16H2,1-2H3. The molecule has 1 aliphatic rings. The van der Waals surface area contributed by atoms with Crippen molar-refractivity contribution < 1.29 is 5.11 Å². The Morgan fingerprint density at radius 1 is 1.21 bits per heavy atom. The van der Waals surface area contributed by atoms with Gasteiger partial charge in [-0.05, 0) is 31.5 Å². The second kappa shape index (κ2) is 6.37. The van der Waals surface area contributed by atoms with Crippen molar-refractivity contribution in [2.24, 2.45) is 5.73 Å². The third-order valence-corrected chi connectivity index (χ3v) is 3.89. The number of hydrogen-bond donors (Lipinski definition) is 2. The van der Waals surface area contributed by atoms with Crippen molar-refractivity contribution in [3.05, 3.63) is 29.8 Å². The summed E-state index contributed by atoms with van der Waals surface area (Å²) in [7, 11) is 0. The molecule has 0 aliphatic carbocycles. The van der Waals surface area contributed by atoms with E-state index in [0.29, 0.717) is 6.04 Å². The molecule has 0 spiro atoms. The average Bonchev–Trinajstić information content (AvgIpc) is 2.46. The quantitative estimate of drug-likeness (QED) is 0.857. The normalized spacial score (nSPS) is 18.9. The molecule has 0 bridgehead atoms. The number of benzene rings is 1. The van der Waals surface area contributed by atoms with Crippen LogP contribution in [0.5, 0.6) is 0 Å². The van der Waals surface area contributed by atoms with Crippen LogP contribution in [0, 0.1) is 0 Å². The minimum absolute atomic E-state index is 0.268. The minimum atomic E-state index is -0.558. The lowest BCUT2D eigenvalue weighted by Gasteiger charge is -2.38. The van der Waals surface area contributed by atoms with E-state index in [0.717, 1.165) is 31.7 Å². The van der Waals surface area contributed by atoms with Crippen LogP contribution in [0.1, 0.15) is 25.5 Å². The second-order valence-electron chi connectivity index (χ2n) is 5.46. The Labute approximate surface area is 115 Å². The zero-order chi connectivity index (χ0) is 13.8. The summed E-state index contributed by atoms with van der Waals surface area (Å²) in [5.74, 6) is 0. The van der Waals surface area contributed by atoms with Gasteiger partial charge in [0.05, 0.1) is 6.10 Å². The van der Waals surface area contributed by atoms with Gasteiger partial charge in [-0.2, -0.15) is 0 Å². The Kier molecular flexibility index (Phi) is 4.80. The predicted molar refractivity (Wildman–Crippen MR) is 79.4 cm³/mol. The highest BCUT2D eigenvalue weighted by Gasteiger charge is 2.19. The van der Waals surface area contributed by atoms with Crippen LogP contribution < -0.4 is 10.6 Å². The van der Waals surface area contributed by atoms with Gasteiger partial charge in [0.1, 0.15) is 0 Å². The fourth-order valence-electron chi connectivity index (χ4n) is 2.56.